The normalized spacial score (nSPS) is 18.2. The maximum atomic E-state index is 11.4. The summed E-state index contributed by atoms with van der Waals surface area (Å²) >= 11 is 0. The molecule has 1 amide bonds. The molecule has 6 heteroatoms. The molecule has 0 saturated carbocycles. The number of amides is 1. The summed E-state index contributed by atoms with van der Waals surface area (Å²) in [5.74, 6) is -1.10. The SMILES string of the molecule is C=CCOC(=O)N1CC(O)(C(C)(C)C(=O)O)C1. The molecule has 0 aromatic heterocycles. The Kier molecular flexibility index (Phi) is 3.47. The predicted octanol–water partition coefficient (Wildman–Crippen LogP) is 0.467. The highest BCUT2D eigenvalue weighted by molar-refractivity contribution is 5.77. The van der Waals surface area contributed by atoms with Gasteiger partial charge in [0.2, 0.25) is 0 Å². The molecule has 17 heavy (non-hydrogen) atoms. The molecule has 0 atom stereocenters. The van der Waals surface area contributed by atoms with Gasteiger partial charge in [0.1, 0.15) is 12.2 Å². The molecule has 0 aliphatic carbocycles. The lowest BCUT2D eigenvalue weighted by Crippen LogP contribution is -2.71. The number of likely N-dealkylation sites (tertiary alicyclic amines) is 1. The van der Waals surface area contributed by atoms with E-state index in [0.717, 1.165) is 0 Å². The van der Waals surface area contributed by atoms with Gasteiger partial charge in [0.25, 0.3) is 0 Å². The Bertz CT molecular complexity index is 344. The highest BCUT2D eigenvalue weighted by atomic mass is 16.6. The number of carbonyl (C=O) groups is 2. The van der Waals surface area contributed by atoms with Crippen LogP contribution in [0.2, 0.25) is 0 Å². The zero-order valence-electron chi connectivity index (χ0n) is 9.97. The third kappa shape index (κ3) is 2.26. The lowest BCUT2D eigenvalue weighted by atomic mass is 9.70. The molecular weight excluding hydrogens is 226 g/mol. The Labute approximate surface area is 99.5 Å². The molecule has 1 rings (SSSR count). The van der Waals surface area contributed by atoms with Crippen molar-refractivity contribution in [2.45, 2.75) is 19.4 Å². The van der Waals surface area contributed by atoms with Crippen molar-refractivity contribution < 1.29 is 24.5 Å². The average Bonchev–Trinajstić information content (AvgIpc) is 2.20. The van der Waals surface area contributed by atoms with Crippen LogP contribution in [0.25, 0.3) is 0 Å². The molecule has 6 nitrogen and oxygen atoms in total. The van der Waals surface area contributed by atoms with Crippen LogP contribution in [0, 0.1) is 5.41 Å². The lowest BCUT2D eigenvalue weighted by molar-refractivity contribution is -0.188. The van der Waals surface area contributed by atoms with Crippen molar-refractivity contribution in [1.82, 2.24) is 4.90 Å². The molecule has 0 aromatic rings. The van der Waals surface area contributed by atoms with Crippen molar-refractivity contribution in [3.05, 3.63) is 12.7 Å². The third-order valence-electron chi connectivity index (χ3n) is 3.19. The molecule has 1 heterocycles. The van der Waals surface area contributed by atoms with Crippen molar-refractivity contribution in [3.8, 4) is 0 Å². The number of rotatable bonds is 4. The summed E-state index contributed by atoms with van der Waals surface area (Å²) in [6.45, 7) is 6.28. The van der Waals surface area contributed by atoms with Gasteiger partial charge in [-0.05, 0) is 13.8 Å². The van der Waals surface area contributed by atoms with E-state index in [0.29, 0.717) is 0 Å². The molecule has 0 radical (unpaired) electrons. The molecule has 0 aromatic carbocycles. The van der Waals surface area contributed by atoms with E-state index in [1.807, 2.05) is 0 Å². The first-order chi connectivity index (χ1) is 7.74. The predicted molar refractivity (Wildman–Crippen MR) is 59.5 cm³/mol. The van der Waals surface area contributed by atoms with Gasteiger partial charge in [-0.3, -0.25) is 4.79 Å². The zero-order chi connectivity index (χ0) is 13.3. The number of hydrogen-bond acceptors (Lipinski definition) is 4. The second-order valence-corrected chi connectivity index (χ2v) is 4.68. The second-order valence-electron chi connectivity index (χ2n) is 4.68. The average molecular weight is 243 g/mol. The third-order valence-corrected chi connectivity index (χ3v) is 3.19. The monoisotopic (exact) mass is 243 g/mol. The Hall–Kier alpha value is -1.56. The summed E-state index contributed by atoms with van der Waals surface area (Å²) in [5, 5.41) is 19.1. The fourth-order valence-electron chi connectivity index (χ4n) is 1.53. The molecule has 0 bridgehead atoms. The number of carbonyl (C=O) groups excluding carboxylic acids is 1. The first kappa shape index (κ1) is 13.5. The number of carboxylic acid groups (broad SMARTS) is 1. The van der Waals surface area contributed by atoms with Gasteiger partial charge in [-0.1, -0.05) is 12.7 Å². The van der Waals surface area contributed by atoms with Crippen molar-refractivity contribution >= 4 is 12.1 Å². The first-order valence-corrected chi connectivity index (χ1v) is 5.23. The Balaban J connectivity index is 2.57. The van der Waals surface area contributed by atoms with E-state index in [4.69, 9.17) is 9.84 Å². The van der Waals surface area contributed by atoms with Crippen molar-refractivity contribution in [2.75, 3.05) is 19.7 Å². The molecule has 1 aliphatic rings. The maximum absolute atomic E-state index is 11.4. The van der Waals surface area contributed by atoms with E-state index in [1.54, 1.807) is 0 Å². The van der Waals surface area contributed by atoms with Crippen molar-refractivity contribution in [2.24, 2.45) is 5.41 Å². The van der Waals surface area contributed by atoms with Gasteiger partial charge >= 0.3 is 12.1 Å². The molecule has 1 aliphatic heterocycles. The van der Waals surface area contributed by atoms with Crippen LogP contribution in [0.4, 0.5) is 4.79 Å². The number of β-amino-alcohol motifs (C(OH)–C–C–N with tert-alkyl or cyclic N) is 1. The number of aliphatic carboxylic acids is 1. The molecule has 0 spiro atoms. The fraction of sp³-hybridized carbons (Fsp3) is 0.636. The van der Waals surface area contributed by atoms with E-state index in [-0.39, 0.29) is 19.7 Å². The molecule has 96 valence electrons. The largest absolute Gasteiger partial charge is 0.481 e. The number of carboxylic acids is 1. The van der Waals surface area contributed by atoms with Crippen molar-refractivity contribution in [3.63, 3.8) is 0 Å². The quantitative estimate of drug-likeness (QED) is 0.701. The minimum absolute atomic E-state index is 0.0394. The van der Waals surface area contributed by atoms with Crippen LogP contribution in [0.1, 0.15) is 13.8 Å². The van der Waals surface area contributed by atoms with Gasteiger partial charge < -0.3 is 19.8 Å². The van der Waals surface area contributed by atoms with E-state index in [9.17, 15) is 14.7 Å². The summed E-state index contributed by atoms with van der Waals surface area (Å²) < 4.78 is 4.77. The summed E-state index contributed by atoms with van der Waals surface area (Å²) in [7, 11) is 0. The van der Waals surface area contributed by atoms with Gasteiger partial charge in [0, 0.05) is 0 Å². The molecular formula is C11H17NO5. The number of nitrogens with zero attached hydrogens (tertiary/aromatic N) is 1. The molecule has 0 unspecified atom stereocenters. The minimum atomic E-state index is -1.41. The molecule has 1 saturated heterocycles. The summed E-state index contributed by atoms with van der Waals surface area (Å²) in [5.41, 5.74) is -2.71. The number of ether oxygens (including phenoxy) is 1. The van der Waals surface area contributed by atoms with E-state index in [1.165, 1.54) is 24.8 Å². The zero-order valence-corrected chi connectivity index (χ0v) is 9.97. The smallest absolute Gasteiger partial charge is 0.410 e. The van der Waals surface area contributed by atoms with Crippen LogP contribution in [-0.2, 0) is 9.53 Å². The summed E-state index contributed by atoms with van der Waals surface area (Å²) in [6, 6.07) is 0. The first-order valence-electron chi connectivity index (χ1n) is 5.23. The standard InChI is InChI=1S/C11H17NO5/c1-4-5-17-9(15)12-6-11(16,7-12)10(2,3)8(13)14/h4,16H,1,5-7H2,2-3H3,(H,13,14). The van der Waals surface area contributed by atoms with Crippen LogP contribution in [0.15, 0.2) is 12.7 Å². The van der Waals surface area contributed by atoms with Gasteiger partial charge in [-0.2, -0.15) is 0 Å². The van der Waals surface area contributed by atoms with Crippen LogP contribution in [0.3, 0.4) is 0 Å². The van der Waals surface area contributed by atoms with Gasteiger partial charge in [0.05, 0.1) is 18.5 Å². The highest BCUT2D eigenvalue weighted by Gasteiger charge is 2.58. The fourth-order valence-corrected chi connectivity index (χ4v) is 1.53. The van der Waals surface area contributed by atoms with E-state index < -0.39 is 23.1 Å². The van der Waals surface area contributed by atoms with Crippen LogP contribution in [-0.4, -0.2) is 52.5 Å². The summed E-state index contributed by atoms with van der Waals surface area (Å²) in [4.78, 5) is 23.6. The highest BCUT2D eigenvalue weighted by Crippen LogP contribution is 2.38. The number of aliphatic hydroxyl groups is 1. The Morgan fingerprint density at radius 3 is 2.47 bits per heavy atom. The number of hydrogen-bond donors (Lipinski definition) is 2. The van der Waals surface area contributed by atoms with Crippen LogP contribution < -0.4 is 0 Å². The lowest BCUT2D eigenvalue weighted by Gasteiger charge is -2.51. The Morgan fingerprint density at radius 2 is 2.06 bits per heavy atom. The Morgan fingerprint density at radius 1 is 1.53 bits per heavy atom. The molecule has 2 N–H and O–H groups in total. The van der Waals surface area contributed by atoms with E-state index in [2.05, 4.69) is 6.58 Å². The van der Waals surface area contributed by atoms with Crippen molar-refractivity contribution in [1.29, 1.82) is 0 Å². The second kappa shape index (κ2) is 4.37. The van der Waals surface area contributed by atoms with Gasteiger partial charge in [0.15, 0.2) is 0 Å². The topological polar surface area (TPSA) is 87.1 Å². The van der Waals surface area contributed by atoms with Gasteiger partial charge in [-0.25, -0.2) is 4.79 Å². The maximum Gasteiger partial charge on any atom is 0.410 e. The van der Waals surface area contributed by atoms with Crippen LogP contribution >= 0.6 is 0 Å². The summed E-state index contributed by atoms with van der Waals surface area (Å²) in [6.07, 6.45) is 0.862. The van der Waals surface area contributed by atoms with Gasteiger partial charge in [-0.15, -0.1) is 0 Å². The minimum Gasteiger partial charge on any atom is -0.481 e. The van der Waals surface area contributed by atoms with E-state index >= 15 is 0 Å². The molecule has 1 fully saturated rings. The van der Waals surface area contributed by atoms with Crippen LogP contribution in [0.5, 0.6) is 0 Å².